The van der Waals surface area contributed by atoms with Gasteiger partial charge in [0.1, 0.15) is 18.0 Å². The summed E-state index contributed by atoms with van der Waals surface area (Å²) in [6.45, 7) is 7.22. The number of aromatic nitrogens is 2. The van der Waals surface area contributed by atoms with Crippen molar-refractivity contribution >= 4 is 17.5 Å². The van der Waals surface area contributed by atoms with Crippen LogP contribution in [0.25, 0.3) is 0 Å². The van der Waals surface area contributed by atoms with Gasteiger partial charge in [-0.1, -0.05) is 0 Å². The van der Waals surface area contributed by atoms with Crippen molar-refractivity contribution in [3.63, 3.8) is 0 Å². The molecule has 1 fully saturated rings. The fourth-order valence-corrected chi connectivity index (χ4v) is 2.73. The Morgan fingerprint density at radius 1 is 1.37 bits per heavy atom. The van der Waals surface area contributed by atoms with Crippen molar-refractivity contribution in [1.82, 2.24) is 14.9 Å². The SMILES string of the molecule is CC(=O)N1[C@H](C)CN(c2cc(NN)ncn2)C[C@@H]1C. The molecule has 19 heavy (non-hydrogen) atoms. The lowest BCUT2D eigenvalue weighted by Gasteiger charge is -2.44. The lowest BCUT2D eigenvalue weighted by Crippen LogP contribution is -2.58. The number of carbonyl (C=O) groups is 1. The molecule has 0 radical (unpaired) electrons. The van der Waals surface area contributed by atoms with Crippen LogP contribution in [0.2, 0.25) is 0 Å². The van der Waals surface area contributed by atoms with E-state index in [1.807, 2.05) is 24.8 Å². The van der Waals surface area contributed by atoms with Crippen LogP contribution < -0.4 is 16.2 Å². The number of nitrogens with two attached hydrogens (primary N) is 1. The van der Waals surface area contributed by atoms with Gasteiger partial charge in [-0.05, 0) is 13.8 Å². The van der Waals surface area contributed by atoms with E-state index in [-0.39, 0.29) is 18.0 Å². The molecule has 7 nitrogen and oxygen atoms in total. The Hall–Kier alpha value is -1.89. The van der Waals surface area contributed by atoms with Crippen LogP contribution in [0, 0.1) is 0 Å². The molecule has 7 heteroatoms. The molecule has 1 saturated heterocycles. The van der Waals surface area contributed by atoms with Gasteiger partial charge in [-0.25, -0.2) is 15.8 Å². The Kier molecular flexibility index (Phi) is 3.84. The number of hydrazine groups is 1. The number of nitrogens with one attached hydrogen (secondary N) is 1. The van der Waals surface area contributed by atoms with E-state index in [1.165, 1.54) is 6.33 Å². The molecule has 2 heterocycles. The molecule has 1 aromatic rings. The molecule has 0 aromatic carbocycles. The van der Waals surface area contributed by atoms with Crippen LogP contribution in [0.15, 0.2) is 12.4 Å². The topological polar surface area (TPSA) is 87.4 Å². The number of nitrogens with zero attached hydrogens (tertiary/aromatic N) is 4. The van der Waals surface area contributed by atoms with Gasteiger partial charge >= 0.3 is 0 Å². The number of nitrogen functional groups attached to an aromatic ring is 1. The highest BCUT2D eigenvalue weighted by Crippen LogP contribution is 2.21. The van der Waals surface area contributed by atoms with Crippen LogP contribution >= 0.6 is 0 Å². The summed E-state index contributed by atoms with van der Waals surface area (Å²) in [6, 6.07) is 2.12. The molecule has 1 aromatic heterocycles. The van der Waals surface area contributed by atoms with Gasteiger partial charge in [0.25, 0.3) is 0 Å². The number of rotatable bonds is 2. The van der Waals surface area contributed by atoms with Crippen molar-refractivity contribution in [3.8, 4) is 0 Å². The molecular formula is C12H20N6O. The minimum Gasteiger partial charge on any atom is -0.352 e. The minimum absolute atomic E-state index is 0.117. The average Bonchev–Trinajstić information content (AvgIpc) is 2.37. The highest BCUT2D eigenvalue weighted by atomic mass is 16.2. The predicted octanol–water partition coefficient (Wildman–Crippen LogP) is 0.208. The summed E-state index contributed by atoms with van der Waals surface area (Å²) in [5.74, 6) is 6.88. The van der Waals surface area contributed by atoms with E-state index in [0.29, 0.717) is 5.82 Å². The van der Waals surface area contributed by atoms with Crippen molar-refractivity contribution < 1.29 is 4.79 Å². The Labute approximate surface area is 112 Å². The van der Waals surface area contributed by atoms with E-state index in [4.69, 9.17) is 5.84 Å². The average molecular weight is 264 g/mol. The quantitative estimate of drug-likeness (QED) is 0.586. The summed E-state index contributed by atoms with van der Waals surface area (Å²) in [6.07, 6.45) is 1.48. The molecule has 104 valence electrons. The van der Waals surface area contributed by atoms with E-state index in [9.17, 15) is 4.79 Å². The van der Waals surface area contributed by atoms with Crippen LogP contribution in [0.1, 0.15) is 20.8 Å². The molecule has 2 rings (SSSR count). The summed E-state index contributed by atoms with van der Waals surface area (Å²) in [5, 5.41) is 0. The molecule has 0 spiro atoms. The first-order valence-corrected chi connectivity index (χ1v) is 6.35. The maximum atomic E-state index is 11.6. The van der Waals surface area contributed by atoms with Gasteiger partial charge in [0, 0.05) is 38.2 Å². The molecule has 1 aliphatic heterocycles. The van der Waals surface area contributed by atoms with Gasteiger partial charge in [0.05, 0.1) is 0 Å². The maximum absolute atomic E-state index is 11.6. The summed E-state index contributed by atoms with van der Waals surface area (Å²) >= 11 is 0. The zero-order valence-electron chi connectivity index (χ0n) is 11.5. The van der Waals surface area contributed by atoms with Crippen molar-refractivity contribution in [2.75, 3.05) is 23.4 Å². The van der Waals surface area contributed by atoms with Gasteiger partial charge in [0.2, 0.25) is 5.91 Å². The Bertz CT molecular complexity index is 453. The second-order valence-electron chi connectivity index (χ2n) is 4.94. The molecule has 1 amide bonds. The normalized spacial score (nSPS) is 23.4. The largest absolute Gasteiger partial charge is 0.352 e. The summed E-state index contributed by atoms with van der Waals surface area (Å²) < 4.78 is 0. The van der Waals surface area contributed by atoms with E-state index < -0.39 is 0 Å². The predicted molar refractivity (Wildman–Crippen MR) is 73.5 cm³/mol. The van der Waals surface area contributed by atoms with Crippen molar-refractivity contribution in [1.29, 1.82) is 0 Å². The van der Waals surface area contributed by atoms with E-state index in [0.717, 1.165) is 18.9 Å². The maximum Gasteiger partial charge on any atom is 0.220 e. The van der Waals surface area contributed by atoms with Crippen LogP contribution in [0.4, 0.5) is 11.6 Å². The van der Waals surface area contributed by atoms with E-state index in [2.05, 4.69) is 20.3 Å². The van der Waals surface area contributed by atoms with Crippen LogP contribution in [-0.2, 0) is 4.79 Å². The first kappa shape index (κ1) is 13.5. The van der Waals surface area contributed by atoms with Gasteiger partial charge < -0.3 is 15.2 Å². The van der Waals surface area contributed by atoms with Gasteiger partial charge in [-0.2, -0.15) is 0 Å². The Balaban J connectivity index is 2.17. The molecule has 3 N–H and O–H groups in total. The van der Waals surface area contributed by atoms with Crippen LogP contribution in [0.5, 0.6) is 0 Å². The third-order valence-corrected chi connectivity index (χ3v) is 3.41. The van der Waals surface area contributed by atoms with Crippen molar-refractivity contribution in [2.24, 2.45) is 5.84 Å². The zero-order valence-corrected chi connectivity index (χ0v) is 11.5. The fourth-order valence-electron chi connectivity index (χ4n) is 2.73. The lowest BCUT2D eigenvalue weighted by molar-refractivity contribution is -0.133. The smallest absolute Gasteiger partial charge is 0.220 e. The second kappa shape index (κ2) is 5.40. The molecule has 1 aliphatic rings. The van der Waals surface area contributed by atoms with Crippen LogP contribution in [0.3, 0.4) is 0 Å². The Morgan fingerprint density at radius 3 is 2.53 bits per heavy atom. The Morgan fingerprint density at radius 2 is 2.00 bits per heavy atom. The fraction of sp³-hybridized carbons (Fsp3) is 0.583. The highest BCUT2D eigenvalue weighted by molar-refractivity contribution is 5.74. The summed E-state index contributed by atoms with van der Waals surface area (Å²) in [7, 11) is 0. The number of hydrogen-bond donors (Lipinski definition) is 2. The number of piperazine rings is 1. The molecule has 0 bridgehead atoms. The van der Waals surface area contributed by atoms with Crippen LogP contribution in [-0.4, -0.2) is 45.9 Å². The number of anilines is 2. The molecule has 0 unspecified atom stereocenters. The first-order valence-electron chi connectivity index (χ1n) is 6.35. The van der Waals surface area contributed by atoms with Gasteiger partial charge in [-0.15, -0.1) is 0 Å². The molecular weight excluding hydrogens is 244 g/mol. The standard InChI is InChI=1S/C12H20N6O/c1-8-5-17(6-9(2)18(8)10(3)19)12-4-11(16-13)14-7-15-12/h4,7-9H,5-6,13H2,1-3H3,(H,14,15,16)/t8-,9+. The van der Waals surface area contributed by atoms with Crippen molar-refractivity contribution in [2.45, 2.75) is 32.9 Å². The number of carbonyl (C=O) groups excluding carboxylic acids is 1. The third kappa shape index (κ3) is 2.76. The molecule has 2 atom stereocenters. The summed E-state index contributed by atoms with van der Waals surface area (Å²) in [4.78, 5) is 23.9. The van der Waals surface area contributed by atoms with Crippen molar-refractivity contribution in [3.05, 3.63) is 12.4 Å². The molecule has 0 aliphatic carbocycles. The second-order valence-corrected chi connectivity index (χ2v) is 4.94. The highest BCUT2D eigenvalue weighted by Gasteiger charge is 2.31. The monoisotopic (exact) mass is 264 g/mol. The number of amides is 1. The zero-order chi connectivity index (χ0) is 14.0. The van der Waals surface area contributed by atoms with E-state index in [1.54, 1.807) is 6.92 Å². The van der Waals surface area contributed by atoms with E-state index >= 15 is 0 Å². The number of hydrogen-bond acceptors (Lipinski definition) is 6. The third-order valence-electron chi connectivity index (χ3n) is 3.41. The lowest BCUT2D eigenvalue weighted by atomic mass is 10.1. The minimum atomic E-state index is 0.117. The molecule has 0 saturated carbocycles. The first-order chi connectivity index (χ1) is 9.02. The van der Waals surface area contributed by atoms with Gasteiger partial charge in [-0.3, -0.25) is 4.79 Å². The summed E-state index contributed by atoms with van der Waals surface area (Å²) in [5.41, 5.74) is 2.51. The van der Waals surface area contributed by atoms with Gasteiger partial charge in [0.15, 0.2) is 0 Å².